The van der Waals surface area contributed by atoms with E-state index in [2.05, 4.69) is 5.32 Å². The number of ether oxygens (including phenoxy) is 1. The molecule has 0 aromatic heterocycles. The summed E-state index contributed by atoms with van der Waals surface area (Å²) >= 11 is 0. The highest BCUT2D eigenvalue weighted by Crippen LogP contribution is 2.31. The zero-order valence-corrected chi connectivity index (χ0v) is 12.7. The molecule has 1 amide bonds. The molecule has 0 radical (unpaired) electrons. The lowest BCUT2D eigenvalue weighted by atomic mass is 9.92. The highest BCUT2D eigenvalue weighted by Gasteiger charge is 2.25. The van der Waals surface area contributed by atoms with Gasteiger partial charge in [0.05, 0.1) is 16.4 Å². The van der Waals surface area contributed by atoms with Crippen LogP contribution in [0.1, 0.15) is 27.7 Å². The summed E-state index contributed by atoms with van der Waals surface area (Å²) in [5.74, 6) is -0.229. The van der Waals surface area contributed by atoms with Crippen molar-refractivity contribution in [2.75, 3.05) is 11.9 Å². The lowest BCUT2D eigenvalue weighted by Crippen LogP contribution is -2.37. The first-order valence-corrected chi connectivity index (χ1v) is 6.62. The third kappa shape index (κ3) is 4.62. The van der Waals surface area contributed by atoms with E-state index in [0.29, 0.717) is 12.2 Å². The summed E-state index contributed by atoms with van der Waals surface area (Å²) in [5.41, 5.74) is 5.12. The third-order valence-electron chi connectivity index (χ3n) is 2.92. The molecule has 0 fully saturated rings. The second-order valence-corrected chi connectivity index (χ2v) is 5.71. The quantitative estimate of drug-likeness (QED) is 0.592. The standard InChI is InChI=1S/C14H21N3O4/c1-9(2)21-12-7-10(5-6-11(12)17(19)20)16-8-14(3,4)13(15)18/h5-7,9,16H,8H2,1-4H3,(H2,15,18). The van der Waals surface area contributed by atoms with Gasteiger partial charge >= 0.3 is 5.69 Å². The van der Waals surface area contributed by atoms with E-state index in [0.717, 1.165) is 0 Å². The first kappa shape index (κ1) is 16.7. The maximum absolute atomic E-state index is 11.3. The SMILES string of the molecule is CC(C)Oc1cc(NCC(C)(C)C(N)=O)ccc1[N+](=O)[O-]. The Kier molecular flexibility index (Phi) is 5.12. The molecule has 0 aliphatic rings. The maximum atomic E-state index is 11.3. The number of anilines is 1. The van der Waals surface area contributed by atoms with Gasteiger partial charge in [0.2, 0.25) is 5.91 Å². The molecule has 1 aromatic carbocycles. The topological polar surface area (TPSA) is 107 Å². The number of nitrogens with zero attached hydrogens (tertiary/aromatic N) is 1. The average Bonchev–Trinajstić information content (AvgIpc) is 2.35. The van der Waals surface area contributed by atoms with E-state index in [-0.39, 0.29) is 17.5 Å². The molecule has 0 heterocycles. The van der Waals surface area contributed by atoms with Crippen molar-refractivity contribution in [1.29, 1.82) is 0 Å². The number of hydrogen-bond acceptors (Lipinski definition) is 5. The lowest BCUT2D eigenvalue weighted by molar-refractivity contribution is -0.386. The van der Waals surface area contributed by atoms with Crippen LogP contribution < -0.4 is 15.8 Å². The van der Waals surface area contributed by atoms with Crippen molar-refractivity contribution < 1.29 is 14.5 Å². The molecule has 0 saturated carbocycles. The highest BCUT2D eigenvalue weighted by atomic mass is 16.6. The Bertz CT molecular complexity index is 541. The second kappa shape index (κ2) is 6.43. The molecular weight excluding hydrogens is 274 g/mol. The van der Waals surface area contributed by atoms with Gasteiger partial charge in [-0.2, -0.15) is 0 Å². The number of nitro benzene ring substituents is 1. The molecule has 21 heavy (non-hydrogen) atoms. The predicted molar refractivity (Wildman–Crippen MR) is 80.3 cm³/mol. The molecule has 0 aliphatic carbocycles. The fourth-order valence-corrected chi connectivity index (χ4v) is 1.53. The van der Waals surface area contributed by atoms with Crippen LogP contribution in [-0.2, 0) is 4.79 Å². The van der Waals surface area contributed by atoms with Gasteiger partial charge in [0.25, 0.3) is 0 Å². The summed E-state index contributed by atoms with van der Waals surface area (Å²) in [6, 6.07) is 4.49. The lowest BCUT2D eigenvalue weighted by Gasteiger charge is -2.21. The van der Waals surface area contributed by atoms with Crippen LogP contribution in [0.4, 0.5) is 11.4 Å². The van der Waals surface area contributed by atoms with Gasteiger partial charge < -0.3 is 15.8 Å². The molecule has 0 unspecified atom stereocenters. The normalized spacial score (nSPS) is 11.3. The number of amides is 1. The Labute approximate surface area is 123 Å². The summed E-state index contributed by atoms with van der Waals surface area (Å²) < 4.78 is 5.45. The van der Waals surface area contributed by atoms with Crippen molar-refractivity contribution in [2.45, 2.75) is 33.8 Å². The first-order chi connectivity index (χ1) is 9.63. The number of carbonyl (C=O) groups excluding carboxylic acids is 1. The maximum Gasteiger partial charge on any atom is 0.311 e. The molecule has 1 aromatic rings. The number of rotatable bonds is 7. The number of primary amides is 1. The largest absolute Gasteiger partial charge is 0.484 e. The minimum Gasteiger partial charge on any atom is -0.484 e. The molecule has 116 valence electrons. The summed E-state index contributed by atoms with van der Waals surface area (Å²) in [5, 5.41) is 14.0. The number of nitrogens with one attached hydrogen (secondary N) is 1. The smallest absolute Gasteiger partial charge is 0.311 e. The van der Waals surface area contributed by atoms with Crippen molar-refractivity contribution in [3.05, 3.63) is 28.3 Å². The van der Waals surface area contributed by atoms with E-state index < -0.39 is 16.2 Å². The molecule has 3 N–H and O–H groups in total. The molecule has 7 nitrogen and oxygen atoms in total. The van der Waals surface area contributed by atoms with Crippen LogP contribution in [0.15, 0.2) is 18.2 Å². The van der Waals surface area contributed by atoms with Crippen LogP contribution in [0.2, 0.25) is 0 Å². The predicted octanol–water partition coefficient (Wildman–Crippen LogP) is 2.31. The minimum atomic E-state index is -0.721. The van der Waals surface area contributed by atoms with Crippen LogP contribution in [-0.4, -0.2) is 23.5 Å². The fourth-order valence-electron chi connectivity index (χ4n) is 1.53. The Morgan fingerprint density at radius 3 is 2.57 bits per heavy atom. The molecule has 0 aliphatic heterocycles. The van der Waals surface area contributed by atoms with Crippen molar-refractivity contribution in [3.63, 3.8) is 0 Å². The van der Waals surface area contributed by atoms with E-state index in [1.165, 1.54) is 6.07 Å². The van der Waals surface area contributed by atoms with Gasteiger partial charge in [-0.1, -0.05) is 0 Å². The van der Waals surface area contributed by atoms with Gasteiger partial charge in [-0.05, 0) is 33.8 Å². The molecule has 7 heteroatoms. The van der Waals surface area contributed by atoms with E-state index in [1.807, 2.05) is 0 Å². The number of carbonyl (C=O) groups is 1. The average molecular weight is 295 g/mol. The summed E-state index contributed by atoms with van der Waals surface area (Å²) in [6.07, 6.45) is -0.180. The minimum absolute atomic E-state index is 0.0941. The number of hydrogen-bond donors (Lipinski definition) is 2. The fraction of sp³-hybridized carbons (Fsp3) is 0.500. The first-order valence-electron chi connectivity index (χ1n) is 6.62. The zero-order chi connectivity index (χ0) is 16.2. The van der Waals surface area contributed by atoms with Crippen molar-refractivity contribution >= 4 is 17.3 Å². The molecule has 1 rings (SSSR count). The summed E-state index contributed by atoms with van der Waals surface area (Å²) in [7, 11) is 0. The van der Waals surface area contributed by atoms with Crippen LogP contribution in [0.3, 0.4) is 0 Å². The van der Waals surface area contributed by atoms with Crippen LogP contribution >= 0.6 is 0 Å². The van der Waals surface area contributed by atoms with Crippen LogP contribution in [0.25, 0.3) is 0 Å². The van der Waals surface area contributed by atoms with E-state index in [1.54, 1.807) is 39.8 Å². The van der Waals surface area contributed by atoms with E-state index in [4.69, 9.17) is 10.5 Å². The Balaban J connectivity index is 2.95. The molecular formula is C14H21N3O4. The van der Waals surface area contributed by atoms with Gasteiger partial charge in [-0.25, -0.2) is 0 Å². The van der Waals surface area contributed by atoms with Crippen molar-refractivity contribution in [2.24, 2.45) is 11.1 Å². The van der Waals surface area contributed by atoms with Gasteiger partial charge in [0.1, 0.15) is 0 Å². The van der Waals surface area contributed by atoms with Gasteiger partial charge in [-0.15, -0.1) is 0 Å². The number of nitrogens with two attached hydrogens (primary N) is 1. The Hall–Kier alpha value is -2.31. The second-order valence-electron chi connectivity index (χ2n) is 5.71. The highest BCUT2D eigenvalue weighted by molar-refractivity contribution is 5.80. The molecule has 0 spiro atoms. The van der Waals surface area contributed by atoms with Gasteiger partial charge in [0.15, 0.2) is 5.75 Å². The molecule has 0 atom stereocenters. The molecule has 0 saturated heterocycles. The van der Waals surface area contributed by atoms with Crippen LogP contribution in [0.5, 0.6) is 5.75 Å². The number of benzene rings is 1. The third-order valence-corrected chi connectivity index (χ3v) is 2.92. The van der Waals surface area contributed by atoms with Crippen molar-refractivity contribution in [3.8, 4) is 5.75 Å². The zero-order valence-electron chi connectivity index (χ0n) is 12.7. The van der Waals surface area contributed by atoms with E-state index in [9.17, 15) is 14.9 Å². The monoisotopic (exact) mass is 295 g/mol. The molecule has 0 bridgehead atoms. The Morgan fingerprint density at radius 1 is 1.48 bits per heavy atom. The van der Waals surface area contributed by atoms with Gasteiger partial charge in [-0.3, -0.25) is 14.9 Å². The van der Waals surface area contributed by atoms with Gasteiger partial charge in [0, 0.05) is 24.4 Å². The summed E-state index contributed by atoms with van der Waals surface area (Å²) in [4.78, 5) is 21.7. The van der Waals surface area contributed by atoms with Crippen LogP contribution in [0, 0.1) is 15.5 Å². The van der Waals surface area contributed by atoms with Crippen molar-refractivity contribution in [1.82, 2.24) is 0 Å². The Morgan fingerprint density at radius 2 is 2.10 bits per heavy atom. The van der Waals surface area contributed by atoms with E-state index >= 15 is 0 Å². The number of nitro groups is 1. The summed E-state index contributed by atoms with van der Waals surface area (Å²) in [6.45, 7) is 7.35.